The third kappa shape index (κ3) is 3.24. The van der Waals surface area contributed by atoms with Gasteiger partial charge < -0.3 is 14.7 Å². The highest BCUT2D eigenvalue weighted by Gasteiger charge is 2.54. The number of nitrogens with zero attached hydrogens (tertiary/aromatic N) is 5. The molecular weight excluding hydrogens is 390 g/mol. The van der Waals surface area contributed by atoms with Crippen molar-refractivity contribution < 1.29 is 9.59 Å². The number of hydrogen-bond acceptors (Lipinski definition) is 5. The largest absolute Gasteiger partial charge is 0.328 e. The number of aryl methyl sites for hydroxylation is 2. The van der Waals surface area contributed by atoms with Gasteiger partial charge in [0.05, 0.1) is 0 Å². The maximum atomic E-state index is 13.4. The van der Waals surface area contributed by atoms with Crippen LogP contribution in [0.5, 0.6) is 0 Å². The summed E-state index contributed by atoms with van der Waals surface area (Å²) in [7, 11) is 1.75. The van der Waals surface area contributed by atoms with Crippen molar-refractivity contribution in [3.8, 4) is 0 Å². The molecule has 2 aromatic carbocycles. The van der Waals surface area contributed by atoms with E-state index in [2.05, 4.69) is 41.0 Å². The lowest BCUT2D eigenvalue weighted by Gasteiger charge is -2.40. The fraction of sp³-hybridized carbons (Fsp3) is 0.375. The monoisotopic (exact) mass is 417 g/mol. The smallest absolute Gasteiger partial charge is 0.325 e. The van der Waals surface area contributed by atoms with E-state index in [0.717, 1.165) is 37.6 Å². The molecule has 7 nitrogen and oxygen atoms in total. The van der Waals surface area contributed by atoms with Crippen LogP contribution in [0.25, 0.3) is 0 Å². The summed E-state index contributed by atoms with van der Waals surface area (Å²) >= 11 is 0. The number of anilines is 1. The quantitative estimate of drug-likeness (QED) is 0.751. The molecule has 3 aliphatic rings. The molecule has 0 aliphatic carbocycles. The van der Waals surface area contributed by atoms with Crippen LogP contribution < -0.4 is 4.90 Å². The van der Waals surface area contributed by atoms with E-state index in [9.17, 15) is 9.59 Å². The van der Waals surface area contributed by atoms with Crippen LogP contribution >= 0.6 is 0 Å². The Morgan fingerprint density at radius 3 is 2.52 bits per heavy atom. The third-order valence-electron chi connectivity index (χ3n) is 6.47. The van der Waals surface area contributed by atoms with Gasteiger partial charge in [0.2, 0.25) is 5.96 Å². The van der Waals surface area contributed by atoms with Gasteiger partial charge in [0.25, 0.3) is 5.91 Å². The Bertz CT molecular complexity index is 1040. The third-order valence-corrected chi connectivity index (χ3v) is 6.47. The van der Waals surface area contributed by atoms with Crippen molar-refractivity contribution in [3.63, 3.8) is 0 Å². The van der Waals surface area contributed by atoms with E-state index in [1.807, 2.05) is 30.3 Å². The minimum Gasteiger partial charge on any atom is -0.325 e. The van der Waals surface area contributed by atoms with Crippen molar-refractivity contribution in [1.82, 2.24) is 14.7 Å². The van der Waals surface area contributed by atoms with Gasteiger partial charge in [-0.2, -0.15) is 0 Å². The molecule has 2 atom stereocenters. The lowest BCUT2D eigenvalue weighted by Crippen LogP contribution is -2.64. The number of hydrogen-bond donors (Lipinski definition) is 0. The first-order chi connectivity index (χ1) is 15.1. The lowest BCUT2D eigenvalue weighted by molar-refractivity contribution is -0.137. The summed E-state index contributed by atoms with van der Waals surface area (Å²) in [5, 5.41) is 0. The molecule has 5 rings (SSSR count). The molecule has 7 heteroatoms. The number of imide groups is 1. The summed E-state index contributed by atoms with van der Waals surface area (Å²) in [6.07, 6.45) is 1.12. The first-order valence-electron chi connectivity index (χ1n) is 10.9. The van der Waals surface area contributed by atoms with Crippen molar-refractivity contribution in [2.24, 2.45) is 4.99 Å². The Morgan fingerprint density at radius 2 is 1.74 bits per heavy atom. The number of rotatable bonds is 5. The van der Waals surface area contributed by atoms with Gasteiger partial charge in [-0.1, -0.05) is 48.5 Å². The zero-order valence-electron chi connectivity index (χ0n) is 17.9. The van der Waals surface area contributed by atoms with Gasteiger partial charge >= 0.3 is 6.03 Å². The number of urea groups is 1. The van der Waals surface area contributed by atoms with Crippen LogP contribution in [0.4, 0.5) is 10.5 Å². The molecule has 3 amide bonds. The Hall–Kier alpha value is -3.35. The van der Waals surface area contributed by atoms with E-state index >= 15 is 0 Å². The van der Waals surface area contributed by atoms with Crippen molar-refractivity contribution in [2.45, 2.75) is 32.0 Å². The van der Waals surface area contributed by atoms with Crippen molar-refractivity contribution in [3.05, 3.63) is 65.7 Å². The summed E-state index contributed by atoms with van der Waals surface area (Å²) in [5.74, 6) is 0.662. The summed E-state index contributed by atoms with van der Waals surface area (Å²) in [5.41, 5.74) is 3.48. The maximum absolute atomic E-state index is 13.4. The van der Waals surface area contributed by atoms with Gasteiger partial charge in [0.15, 0.2) is 12.2 Å². The Morgan fingerprint density at radius 1 is 1.00 bits per heavy atom. The molecule has 0 radical (unpaired) electrons. The zero-order valence-corrected chi connectivity index (χ0v) is 17.9. The number of fused-ring (bicyclic) bond motifs is 3. The Labute approximate surface area is 182 Å². The van der Waals surface area contributed by atoms with Crippen LogP contribution in [0, 0.1) is 6.92 Å². The van der Waals surface area contributed by atoms with E-state index in [1.54, 1.807) is 11.9 Å². The Balaban J connectivity index is 1.34. The van der Waals surface area contributed by atoms with Gasteiger partial charge in [-0.05, 0) is 37.0 Å². The van der Waals surface area contributed by atoms with E-state index in [4.69, 9.17) is 4.99 Å². The summed E-state index contributed by atoms with van der Waals surface area (Å²) in [6, 6.07) is 17.7. The molecule has 2 fully saturated rings. The predicted octanol–water partition coefficient (Wildman–Crippen LogP) is 2.71. The minimum atomic E-state index is -0.466. The molecule has 2 unspecified atom stereocenters. The molecule has 2 aromatic rings. The van der Waals surface area contributed by atoms with Gasteiger partial charge in [-0.25, -0.2) is 9.79 Å². The minimum absolute atomic E-state index is 0.133. The molecule has 0 aromatic heterocycles. The number of aliphatic imine (C=N–C) groups is 1. The fourth-order valence-corrected chi connectivity index (χ4v) is 4.82. The SMILES string of the molecule is Cc1ccccc1N1CCN2C1=NC1C2C(=O)N(CCCc2ccccc2)C(=O)N1C. The normalized spacial score (nSPS) is 22.7. The van der Waals surface area contributed by atoms with E-state index in [-0.39, 0.29) is 11.9 Å². The van der Waals surface area contributed by atoms with Crippen LogP contribution in [0.15, 0.2) is 59.6 Å². The number of amides is 3. The van der Waals surface area contributed by atoms with Crippen LogP contribution in [-0.4, -0.2) is 71.5 Å². The lowest BCUT2D eigenvalue weighted by atomic mass is 10.1. The number of para-hydroxylation sites is 1. The molecule has 0 N–H and O–H groups in total. The van der Waals surface area contributed by atoms with Crippen LogP contribution in [0.2, 0.25) is 0 Å². The van der Waals surface area contributed by atoms with E-state index < -0.39 is 12.2 Å². The van der Waals surface area contributed by atoms with Gasteiger partial charge in [-0.15, -0.1) is 0 Å². The molecule has 3 heterocycles. The number of benzene rings is 2. The number of guanidine groups is 1. The Kier molecular flexibility index (Phi) is 4.88. The van der Waals surface area contributed by atoms with Crippen molar-refractivity contribution in [1.29, 1.82) is 0 Å². The number of carbonyl (C=O) groups excluding carboxylic acids is 2. The van der Waals surface area contributed by atoms with Crippen LogP contribution in [0.1, 0.15) is 17.5 Å². The summed E-state index contributed by atoms with van der Waals surface area (Å²) in [6.45, 7) is 4.01. The molecule has 0 spiro atoms. The number of likely N-dealkylation sites (N-methyl/N-ethyl adjacent to an activating group) is 1. The molecule has 0 saturated carbocycles. The first-order valence-corrected chi connectivity index (χ1v) is 10.9. The standard InChI is InChI=1S/C24H27N5O2/c1-17-9-6-7-13-19(17)27-15-16-28-20-21(25-23(27)28)26(2)24(31)29(22(20)30)14-8-12-18-10-4-3-5-11-18/h3-7,9-11,13,20-21H,8,12,14-16H2,1-2H3. The predicted molar refractivity (Wildman–Crippen MR) is 120 cm³/mol. The highest BCUT2D eigenvalue weighted by atomic mass is 16.2. The van der Waals surface area contributed by atoms with E-state index in [0.29, 0.717) is 6.54 Å². The summed E-state index contributed by atoms with van der Waals surface area (Å²) < 4.78 is 0. The van der Waals surface area contributed by atoms with E-state index in [1.165, 1.54) is 16.0 Å². The maximum Gasteiger partial charge on any atom is 0.328 e. The zero-order chi connectivity index (χ0) is 21.5. The number of carbonyl (C=O) groups is 2. The highest BCUT2D eigenvalue weighted by molar-refractivity contribution is 6.08. The fourth-order valence-electron chi connectivity index (χ4n) is 4.82. The average Bonchev–Trinajstić information content (AvgIpc) is 3.35. The molecule has 3 aliphatic heterocycles. The second-order valence-corrected chi connectivity index (χ2v) is 8.39. The average molecular weight is 418 g/mol. The van der Waals surface area contributed by atoms with Gasteiger partial charge in [0, 0.05) is 32.4 Å². The second-order valence-electron chi connectivity index (χ2n) is 8.39. The van der Waals surface area contributed by atoms with Crippen LogP contribution in [-0.2, 0) is 11.2 Å². The molecule has 2 saturated heterocycles. The summed E-state index contributed by atoms with van der Waals surface area (Å²) in [4.78, 5) is 38.5. The van der Waals surface area contributed by atoms with Crippen molar-refractivity contribution in [2.75, 3.05) is 31.6 Å². The van der Waals surface area contributed by atoms with Gasteiger partial charge in [-0.3, -0.25) is 9.69 Å². The second kappa shape index (κ2) is 7.72. The molecule has 31 heavy (non-hydrogen) atoms. The van der Waals surface area contributed by atoms with Crippen LogP contribution in [0.3, 0.4) is 0 Å². The van der Waals surface area contributed by atoms with Gasteiger partial charge in [0.1, 0.15) is 0 Å². The topological polar surface area (TPSA) is 59.5 Å². The highest BCUT2D eigenvalue weighted by Crippen LogP contribution is 2.34. The molecule has 0 bridgehead atoms. The van der Waals surface area contributed by atoms with Crippen molar-refractivity contribution >= 4 is 23.6 Å². The molecular formula is C24H27N5O2. The first kappa shape index (κ1) is 19.6. The molecule has 160 valence electrons.